The van der Waals surface area contributed by atoms with Crippen molar-refractivity contribution in [3.63, 3.8) is 0 Å². The van der Waals surface area contributed by atoms with Crippen LogP contribution >= 0.6 is 11.6 Å². The third kappa shape index (κ3) is 4.40. The fraction of sp³-hybridized carbons (Fsp3) is 0.267. The molecule has 5 heteroatoms. The molecule has 0 saturated heterocycles. The number of rotatable bonds is 7. The van der Waals surface area contributed by atoms with E-state index < -0.39 is 5.97 Å². The summed E-state index contributed by atoms with van der Waals surface area (Å²) in [4.78, 5) is 12.8. The summed E-state index contributed by atoms with van der Waals surface area (Å²) in [6, 6.07) is 11.3. The normalized spacial score (nSPS) is 10.9. The molecule has 1 aromatic carbocycles. The van der Waals surface area contributed by atoms with Gasteiger partial charge in [0.1, 0.15) is 5.76 Å². The van der Waals surface area contributed by atoms with E-state index in [1.165, 1.54) is 0 Å². The third-order valence-electron chi connectivity index (χ3n) is 2.95. The van der Waals surface area contributed by atoms with Crippen molar-refractivity contribution < 1.29 is 14.3 Å². The van der Waals surface area contributed by atoms with Gasteiger partial charge in [-0.25, -0.2) is 0 Å². The van der Waals surface area contributed by atoms with Crippen LogP contribution in [0.15, 0.2) is 47.1 Å². The predicted molar refractivity (Wildman–Crippen MR) is 76.5 cm³/mol. The van der Waals surface area contributed by atoms with E-state index in [0.717, 1.165) is 11.3 Å². The van der Waals surface area contributed by atoms with Crippen LogP contribution in [0.1, 0.15) is 17.7 Å². The van der Waals surface area contributed by atoms with Gasteiger partial charge in [0.05, 0.1) is 19.2 Å². The smallest absolute Gasteiger partial charge is 0.304 e. The summed E-state index contributed by atoms with van der Waals surface area (Å²) in [5.41, 5.74) is 0.978. The summed E-state index contributed by atoms with van der Waals surface area (Å²) in [5, 5.41) is 9.52. The quantitative estimate of drug-likeness (QED) is 0.850. The molecule has 0 atom stereocenters. The molecule has 4 nitrogen and oxygen atoms in total. The van der Waals surface area contributed by atoms with Gasteiger partial charge in [-0.1, -0.05) is 29.8 Å². The third-order valence-corrected chi connectivity index (χ3v) is 3.32. The SMILES string of the molecule is O=C(O)CCN(Cc1ccco1)Cc1ccccc1Cl. The Morgan fingerprint density at radius 3 is 2.65 bits per heavy atom. The molecule has 0 aliphatic carbocycles. The molecular formula is C15H16ClNO3. The predicted octanol–water partition coefficient (Wildman–Crippen LogP) is 3.41. The number of furan rings is 1. The number of hydrogen-bond donors (Lipinski definition) is 1. The average molecular weight is 294 g/mol. The fourth-order valence-corrected chi connectivity index (χ4v) is 2.15. The van der Waals surface area contributed by atoms with Crippen LogP contribution < -0.4 is 0 Å². The lowest BCUT2D eigenvalue weighted by atomic mass is 10.2. The van der Waals surface area contributed by atoms with Gasteiger partial charge in [-0.2, -0.15) is 0 Å². The fourth-order valence-electron chi connectivity index (χ4n) is 1.96. The highest BCUT2D eigenvalue weighted by atomic mass is 35.5. The molecular weight excluding hydrogens is 278 g/mol. The van der Waals surface area contributed by atoms with Gasteiger partial charge < -0.3 is 9.52 Å². The van der Waals surface area contributed by atoms with Crippen LogP contribution in [0.4, 0.5) is 0 Å². The van der Waals surface area contributed by atoms with E-state index in [2.05, 4.69) is 0 Å². The first-order chi connectivity index (χ1) is 9.65. The number of nitrogens with zero attached hydrogens (tertiary/aromatic N) is 1. The lowest BCUT2D eigenvalue weighted by Crippen LogP contribution is -2.25. The summed E-state index contributed by atoms with van der Waals surface area (Å²) in [6.07, 6.45) is 1.70. The van der Waals surface area contributed by atoms with E-state index in [-0.39, 0.29) is 6.42 Å². The van der Waals surface area contributed by atoms with E-state index in [9.17, 15) is 4.79 Å². The van der Waals surface area contributed by atoms with Crippen LogP contribution in [0.5, 0.6) is 0 Å². The standard InChI is InChI=1S/C15H16ClNO3/c16-14-6-2-1-4-12(14)10-17(8-7-15(18)19)11-13-5-3-9-20-13/h1-6,9H,7-8,10-11H2,(H,18,19). The summed E-state index contributed by atoms with van der Waals surface area (Å²) < 4.78 is 5.32. The van der Waals surface area contributed by atoms with Crippen LogP contribution in [0.2, 0.25) is 5.02 Å². The molecule has 1 aromatic heterocycles. The Balaban J connectivity index is 2.05. The van der Waals surface area contributed by atoms with Crippen LogP contribution in [-0.2, 0) is 17.9 Å². The second-order valence-corrected chi connectivity index (χ2v) is 4.93. The maximum Gasteiger partial charge on any atom is 0.304 e. The van der Waals surface area contributed by atoms with E-state index in [4.69, 9.17) is 21.1 Å². The zero-order valence-corrected chi connectivity index (χ0v) is 11.7. The van der Waals surface area contributed by atoms with Gasteiger partial charge >= 0.3 is 5.97 Å². The van der Waals surface area contributed by atoms with E-state index in [1.807, 2.05) is 41.3 Å². The highest BCUT2D eigenvalue weighted by molar-refractivity contribution is 6.31. The highest BCUT2D eigenvalue weighted by Gasteiger charge is 2.12. The first-order valence-electron chi connectivity index (χ1n) is 6.35. The largest absolute Gasteiger partial charge is 0.481 e. The van der Waals surface area contributed by atoms with Crippen LogP contribution in [-0.4, -0.2) is 22.5 Å². The van der Waals surface area contributed by atoms with Gasteiger partial charge in [0.15, 0.2) is 0 Å². The molecule has 0 radical (unpaired) electrons. The molecule has 0 bridgehead atoms. The molecule has 0 fully saturated rings. The zero-order valence-electron chi connectivity index (χ0n) is 11.0. The van der Waals surface area contributed by atoms with Crippen LogP contribution in [0.25, 0.3) is 0 Å². The topological polar surface area (TPSA) is 53.7 Å². The Labute approximate surface area is 122 Å². The van der Waals surface area contributed by atoms with Gasteiger partial charge in [0, 0.05) is 18.1 Å². The van der Waals surface area contributed by atoms with Gasteiger partial charge in [-0.15, -0.1) is 0 Å². The number of benzene rings is 1. The van der Waals surface area contributed by atoms with E-state index in [0.29, 0.717) is 24.7 Å². The first-order valence-corrected chi connectivity index (χ1v) is 6.73. The monoisotopic (exact) mass is 293 g/mol. The van der Waals surface area contributed by atoms with Crippen molar-refractivity contribution >= 4 is 17.6 Å². The summed E-state index contributed by atoms with van der Waals surface area (Å²) in [5.74, 6) is -0.00366. The summed E-state index contributed by atoms with van der Waals surface area (Å²) in [7, 11) is 0. The highest BCUT2D eigenvalue weighted by Crippen LogP contribution is 2.18. The number of carboxylic acids is 1. The Hall–Kier alpha value is -1.78. The molecule has 1 N–H and O–H groups in total. The Kier molecular flexibility index (Phi) is 5.21. The minimum absolute atomic E-state index is 0.0885. The maximum absolute atomic E-state index is 10.7. The number of carbonyl (C=O) groups is 1. The van der Waals surface area contributed by atoms with Crippen molar-refractivity contribution in [1.82, 2.24) is 4.90 Å². The zero-order chi connectivity index (χ0) is 14.4. The second kappa shape index (κ2) is 7.12. The van der Waals surface area contributed by atoms with Crippen molar-refractivity contribution in [2.24, 2.45) is 0 Å². The molecule has 2 aromatic rings. The molecule has 0 unspecified atom stereocenters. The molecule has 0 spiro atoms. The van der Waals surface area contributed by atoms with Gasteiger partial charge in [-0.3, -0.25) is 9.69 Å². The number of hydrogen-bond acceptors (Lipinski definition) is 3. The van der Waals surface area contributed by atoms with Gasteiger partial charge in [0.2, 0.25) is 0 Å². The number of aliphatic carboxylic acids is 1. The van der Waals surface area contributed by atoms with Gasteiger partial charge in [-0.05, 0) is 23.8 Å². The minimum Gasteiger partial charge on any atom is -0.481 e. The average Bonchev–Trinajstić information content (AvgIpc) is 2.91. The summed E-state index contributed by atoms with van der Waals surface area (Å²) in [6.45, 7) is 1.60. The molecule has 0 amide bonds. The molecule has 0 aliphatic rings. The van der Waals surface area contributed by atoms with E-state index >= 15 is 0 Å². The molecule has 0 aliphatic heterocycles. The number of halogens is 1. The van der Waals surface area contributed by atoms with Crippen molar-refractivity contribution in [2.75, 3.05) is 6.54 Å². The van der Waals surface area contributed by atoms with Crippen molar-refractivity contribution in [3.8, 4) is 0 Å². The van der Waals surface area contributed by atoms with E-state index in [1.54, 1.807) is 6.26 Å². The maximum atomic E-state index is 10.7. The molecule has 106 valence electrons. The van der Waals surface area contributed by atoms with Gasteiger partial charge in [0.25, 0.3) is 0 Å². The lowest BCUT2D eigenvalue weighted by Gasteiger charge is -2.21. The van der Waals surface area contributed by atoms with Crippen LogP contribution in [0.3, 0.4) is 0 Å². The minimum atomic E-state index is -0.811. The van der Waals surface area contributed by atoms with Crippen molar-refractivity contribution in [3.05, 3.63) is 59.0 Å². The molecule has 20 heavy (non-hydrogen) atoms. The molecule has 2 rings (SSSR count). The molecule has 0 saturated carbocycles. The van der Waals surface area contributed by atoms with Crippen molar-refractivity contribution in [1.29, 1.82) is 0 Å². The second-order valence-electron chi connectivity index (χ2n) is 4.53. The Bertz CT molecular complexity index is 554. The molecule has 1 heterocycles. The Morgan fingerprint density at radius 2 is 2.00 bits per heavy atom. The lowest BCUT2D eigenvalue weighted by molar-refractivity contribution is -0.137. The van der Waals surface area contributed by atoms with Crippen molar-refractivity contribution in [2.45, 2.75) is 19.5 Å². The Morgan fingerprint density at radius 1 is 1.20 bits per heavy atom. The number of carboxylic acid groups (broad SMARTS) is 1. The first kappa shape index (κ1) is 14.6. The summed E-state index contributed by atoms with van der Waals surface area (Å²) >= 11 is 6.15. The van der Waals surface area contributed by atoms with Crippen LogP contribution in [0, 0.1) is 0 Å².